The molecule has 174 valence electrons. The van der Waals surface area contributed by atoms with Crippen LogP contribution in [-0.2, 0) is 16.0 Å². The highest BCUT2D eigenvalue weighted by Gasteiger charge is 2.51. The number of nitrogens with zero attached hydrogens (tertiary/aromatic N) is 1. The summed E-state index contributed by atoms with van der Waals surface area (Å²) in [7, 11) is 0. The summed E-state index contributed by atoms with van der Waals surface area (Å²) in [5.41, 5.74) is 1.69. The van der Waals surface area contributed by atoms with Crippen LogP contribution in [0.25, 0.3) is 0 Å². The number of unbranched alkanes of at least 4 members (excludes halogenated alkanes) is 2. The summed E-state index contributed by atoms with van der Waals surface area (Å²) < 4.78 is 12.0. The molecule has 2 saturated heterocycles. The van der Waals surface area contributed by atoms with Gasteiger partial charge in [0.15, 0.2) is 5.69 Å². The standard InChI is InChI=1S/C22H28N2O3.C3H6O2/c1-2-3-7-12-23-21(25)17-14-26-22(24-17)20-16(18-10-11-19(20)27-18)13-15-8-5-4-6-9-15;1-2-3(4)5/h4-6,8-9,14,16,18-20H,2-3,7,10-13H2,1H3,(H,23,25);2H2,1H3,(H,4,5)/t16-,18-,19+,20-;/m0./s1. The second-order valence-electron chi connectivity index (χ2n) is 8.45. The van der Waals surface area contributed by atoms with Crippen molar-refractivity contribution in [2.24, 2.45) is 5.92 Å². The number of nitrogens with one attached hydrogen (secondary N) is 1. The van der Waals surface area contributed by atoms with Gasteiger partial charge < -0.3 is 19.6 Å². The van der Waals surface area contributed by atoms with Crippen molar-refractivity contribution in [3.05, 3.63) is 53.7 Å². The Morgan fingerprint density at radius 1 is 1.12 bits per heavy atom. The number of aliphatic carboxylic acids is 1. The normalized spacial score (nSPS) is 23.4. The molecule has 0 aliphatic carbocycles. The maximum atomic E-state index is 12.3. The first-order valence-corrected chi connectivity index (χ1v) is 11.7. The summed E-state index contributed by atoms with van der Waals surface area (Å²) in [5.74, 6) is 0.243. The van der Waals surface area contributed by atoms with Crippen LogP contribution in [0.5, 0.6) is 0 Å². The van der Waals surface area contributed by atoms with Crippen LogP contribution in [0.3, 0.4) is 0 Å². The SMILES string of the molecule is CCC(=O)O.CCCCCNC(=O)c1coc([C@H]2[C@@H](Cc3ccccc3)[C@@H]3CC[C@H]2O3)n1. The van der Waals surface area contributed by atoms with Crippen LogP contribution in [-0.4, -0.2) is 40.7 Å². The summed E-state index contributed by atoms with van der Waals surface area (Å²) in [4.78, 5) is 26.2. The lowest BCUT2D eigenvalue weighted by molar-refractivity contribution is -0.136. The molecule has 7 nitrogen and oxygen atoms in total. The van der Waals surface area contributed by atoms with Crippen LogP contribution in [0.4, 0.5) is 0 Å². The lowest BCUT2D eigenvalue weighted by atomic mass is 9.76. The molecule has 2 fully saturated rings. The largest absolute Gasteiger partial charge is 0.481 e. The molecule has 7 heteroatoms. The van der Waals surface area contributed by atoms with Crippen molar-refractivity contribution in [2.75, 3.05) is 6.54 Å². The Bertz CT molecular complexity index is 866. The van der Waals surface area contributed by atoms with Crippen LogP contribution >= 0.6 is 0 Å². The highest BCUT2D eigenvalue weighted by molar-refractivity contribution is 5.91. The Hall–Kier alpha value is -2.67. The third kappa shape index (κ3) is 6.19. The molecule has 1 amide bonds. The van der Waals surface area contributed by atoms with E-state index < -0.39 is 5.97 Å². The van der Waals surface area contributed by atoms with Crippen molar-refractivity contribution < 1.29 is 23.8 Å². The van der Waals surface area contributed by atoms with Crippen LogP contribution in [0, 0.1) is 5.92 Å². The van der Waals surface area contributed by atoms with Crippen molar-refractivity contribution in [3.8, 4) is 0 Å². The van der Waals surface area contributed by atoms with Gasteiger partial charge in [0, 0.05) is 18.9 Å². The topological polar surface area (TPSA) is 102 Å². The van der Waals surface area contributed by atoms with Gasteiger partial charge in [0.05, 0.1) is 18.1 Å². The fourth-order valence-corrected chi connectivity index (χ4v) is 4.47. The minimum Gasteiger partial charge on any atom is -0.481 e. The molecular formula is C25H34N2O5. The molecule has 2 aromatic rings. The number of hydrogen-bond donors (Lipinski definition) is 2. The highest BCUT2D eigenvalue weighted by Crippen LogP contribution is 2.49. The Morgan fingerprint density at radius 2 is 1.84 bits per heavy atom. The molecule has 0 unspecified atom stereocenters. The van der Waals surface area contributed by atoms with Crippen molar-refractivity contribution in [1.29, 1.82) is 0 Å². The number of carboxylic acids is 1. The van der Waals surface area contributed by atoms with Gasteiger partial charge in [0.2, 0.25) is 5.89 Å². The van der Waals surface area contributed by atoms with Crippen molar-refractivity contribution in [1.82, 2.24) is 10.3 Å². The average Bonchev–Trinajstić information content (AvgIpc) is 3.54. The van der Waals surface area contributed by atoms with Crippen LogP contribution in [0.1, 0.15) is 80.2 Å². The summed E-state index contributed by atoms with van der Waals surface area (Å²) in [5, 5.41) is 10.7. The minimum absolute atomic E-state index is 0.130. The van der Waals surface area contributed by atoms with Gasteiger partial charge in [0.1, 0.15) is 6.26 Å². The van der Waals surface area contributed by atoms with E-state index in [1.807, 2.05) is 6.07 Å². The summed E-state index contributed by atoms with van der Waals surface area (Å²) in [6, 6.07) is 10.5. The summed E-state index contributed by atoms with van der Waals surface area (Å²) in [6.07, 6.45) is 8.48. The van der Waals surface area contributed by atoms with Crippen molar-refractivity contribution in [3.63, 3.8) is 0 Å². The second-order valence-corrected chi connectivity index (χ2v) is 8.45. The second kappa shape index (κ2) is 11.8. The number of benzene rings is 1. The first-order valence-electron chi connectivity index (χ1n) is 11.7. The minimum atomic E-state index is -0.745. The van der Waals surface area contributed by atoms with Crippen molar-refractivity contribution in [2.45, 2.75) is 76.9 Å². The lowest BCUT2D eigenvalue weighted by Gasteiger charge is -2.25. The van der Waals surface area contributed by atoms with E-state index in [2.05, 4.69) is 41.5 Å². The summed E-state index contributed by atoms with van der Waals surface area (Å²) >= 11 is 0. The third-order valence-corrected chi connectivity index (χ3v) is 6.15. The molecule has 2 aliphatic heterocycles. The first-order chi connectivity index (χ1) is 15.5. The number of amides is 1. The molecular weight excluding hydrogens is 408 g/mol. The number of carbonyl (C=O) groups excluding carboxylic acids is 1. The zero-order chi connectivity index (χ0) is 22.9. The first kappa shape index (κ1) is 24.0. The molecule has 4 rings (SSSR count). The molecule has 1 aromatic carbocycles. The van der Waals surface area contributed by atoms with Gasteiger partial charge in [-0.05, 0) is 31.2 Å². The van der Waals surface area contributed by atoms with E-state index in [1.165, 1.54) is 11.8 Å². The van der Waals surface area contributed by atoms with Gasteiger partial charge in [0.25, 0.3) is 5.91 Å². The molecule has 0 spiro atoms. The van der Waals surface area contributed by atoms with Crippen molar-refractivity contribution >= 4 is 11.9 Å². The van der Waals surface area contributed by atoms with E-state index in [0.29, 0.717) is 24.0 Å². The average molecular weight is 443 g/mol. The molecule has 2 N–H and O–H groups in total. The number of ether oxygens (including phenoxy) is 1. The molecule has 0 radical (unpaired) electrons. The molecule has 4 atom stereocenters. The number of oxazole rings is 1. The quantitative estimate of drug-likeness (QED) is 0.551. The molecule has 2 aliphatic rings. The molecule has 2 bridgehead atoms. The maximum Gasteiger partial charge on any atom is 0.303 e. The zero-order valence-electron chi connectivity index (χ0n) is 19.0. The van der Waals surface area contributed by atoms with E-state index in [1.54, 1.807) is 6.92 Å². The van der Waals surface area contributed by atoms with E-state index in [0.717, 1.165) is 38.5 Å². The zero-order valence-corrected chi connectivity index (χ0v) is 19.0. The fourth-order valence-electron chi connectivity index (χ4n) is 4.47. The van der Waals surface area contributed by atoms with E-state index >= 15 is 0 Å². The lowest BCUT2D eigenvalue weighted by Crippen LogP contribution is -2.28. The number of fused-ring (bicyclic) bond motifs is 2. The van der Waals surface area contributed by atoms with E-state index in [4.69, 9.17) is 14.3 Å². The highest BCUT2D eigenvalue weighted by atomic mass is 16.5. The van der Waals surface area contributed by atoms with E-state index in [9.17, 15) is 9.59 Å². The number of rotatable bonds is 9. The van der Waals surface area contributed by atoms with Gasteiger partial charge >= 0.3 is 5.97 Å². The number of carboxylic acid groups (broad SMARTS) is 1. The molecule has 0 saturated carbocycles. The van der Waals surface area contributed by atoms with Gasteiger partial charge in [-0.15, -0.1) is 0 Å². The fraction of sp³-hybridized carbons (Fsp3) is 0.560. The Morgan fingerprint density at radius 3 is 2.53 bits per heavy atom. The predicted octanol–water partition coefficient (Wildman–Crippen LogP) is 4.58. The van der Waals surface area contributed by atoms with E-state index in [-0.39, 0.29) is 30.5 Å². The van der Waals surface area contributed by atoms with Crippen LogP contribution < -0.4 is 5.32 Å². The molecule has 1 aromatic heterocycles. The Balaban J connectivity index is 0.000000523. The number of aromatic nitrogens is 1. The third-order valence-electron chi connectivity index (χ3n) is 6.15. The Labute approximate surface area is 189 Å². The number of carbonyl (C=O) groups is 2. The number of hydrogen-bond acceptors (Lipinski definition) is 5. The predicted molar refractivity (Wildman–Crippen MR) is 121 cm³/mol. The van der Waals surface area contributed by atoms with Gasteiger partial charge in [-0.3, -0.25) is 9.59 Å². The molecule has 32 heavy (non-hydrogen) atoms. The van der Waals surface area contributed by atoms with Crippen LogP contribution in [0.2, 0.25) is 0 Å². The monoisotopic (exact) mass is 442 g/mol. The van der Waals surface area contributed by atoms with Gasteiger partial charge in [-0.1, -0.05) is 57.0 Å². The smallest absolute Gasteiger partial charge is 0.303 e. The molecule has 3 heterocycles. The Kier molecular flexibility index (Phi) is 8.85. The maximum absolute atomic E-state index is 12.3. The summed E-state index contributed by atoms with van der Waals surface area (Å²) in [6.45, 7) is 4.43. The van der Waals surface area contributed by atoms with Gasteiger partial charge in [-0.25, -0.2) is 4.98 Å². The van der Waals surface area contributed by atoms with Gasteiger partial charge in [-0.2, -0.15) is 0 Å². The van der Waals surface area contributed by atoms with Crippen LogP contribution in [0.15, 0.2) is 41.0 Å².